The van der Waals surface area contributed by atoms with Gasteiger partial charge in [0.1, 0.15) is 10.8 Å². The van der Waals surface area contributed by atoms with Crippen molar-refractivity contribution in [3.63, 3.8) is 0 Å². The van der Waals surface area contributed by atoms with E-state index in [1.54, 1.807) is 23.0 Å². The van der Waals surface area contributed by atoms with Gasteiger partial charge in [-0.2, -0.15) is 5.10 Å². The summed E-state index contributed by atoms with van der Waals surface area (Å²) in [5.41, 5.74) is 1.68. The topological polar surface area (TPSA) is 109 Å². The van der Waals surface area contributed by atoms with Gasteiger partial charge in [-0.1, -0.05) is 11.6 Å². The Bertz CT molecular complexity index is 1090. The highest BCUT2D eigenvalue weighted by Crippen LogP contribution is 2.38. The van der Waals surface area contributed by atoms with Crippen LogP contribution in [0.5, 0.6) is 5.75 Å². The van der Waals surface area contributed by atoms with Crippen LogP contribution in [-0.2, 0) is 9.53 Å². The molecule has 0 amide bonds. The van der Waals surface area contributed by atoms with Gasteiger partial charge in [-0.05, 0) is 13.0 Å². The Morgan fingerprint density at radius 2 is 2.11 bits per heavy atom. The minimum atomic E-state index is -0.529. The third-order valence-corrected chi connectivity index (χ3v) is 5.20. The number of esters is 1. The van der Waals surface area contributed by atoms with Crippen molar-refractivity contribution in [2.45, 2.75) is 11.8 Å². The average Bonchev–Trinajstić information content (AvgIpc) is 3.00. The number of benzene rings is 1. The second-order valence-electron chi connectivity index (χ2n) is 5.64. The van der Waals surface area contributed by atoms with Crippen LogP contribution in [0.3, 0.4) is 0 Å². The first-order chi connectivity index (χ1) is 13.3. The zero-order valence-corrected chi connectivity index (χ0v) is 16.7. The number of halogens is 1. The second kappa shape index (κ2) is 8.03. The van der Waals surface area contributed by atoms with E-state index in [1.165, 1.54) is 20.3 Å². The molecule has 28 heavy (non-hydrogen) atoms. The molecular weight excluding hydrogens is 408 g/mol. The number of hydrogen-bond donors (Lipinski definition) is 0. The number of nitro benzene ring substituents is 1. The van der Waals surface area contributed by atoms with Crippen molar-refractivity contribution in [3.8, 4) is 11.4 Å². The number of aromatic nitrogens is 3. The normalized spacial score (nSPS) is 10.9. The number of ether oxygens (including phenoxy) is 2. The van der Waals surface area contributed by atoms with Crippen LogP contribution in [0, 0.1) is 17.0 Å². The zero-order valence-electron chi connectivity index (χ0n) is 15.1. The predicted molar refractivity (Wildman–Crippen MR) is 105 cm³/mol. The van der Waals surface area contributed by atoms with Crippen LogP contribution in [0.4, 0.5) is 5.69 Å². The summed E-state index contributed by atoms with van der Waals surface area (Å²) in [6, 6.07) is 4.52. The number of nitro groups is 1. The SMILES string of the molecule is COC(=O)CSc1cc(-n2nc(C)c3cnc(Cl)cc32)c(OC)cc1[N+](=O)[O-]. The molecule has 146 valence electrons. The van der Waals surface area contributed by atoms with E-state index in [2.05, 4.69) is 14.8 Å². The Kier molecular flexibility index (Phi) is 5.71. The fraction of sp³-hybridized carbons (Fsp3) is 0.235. The molecule has 0 aliphatic heterocycles. The minimum Gasteiger partial charge on any atom is -0.494 e. The number of carbonyl (C=O) groups is 1. The van der Waals surface area contributed by atoms with Gasteiger partial charge in [0, 0.05) is 17.6 Å². The largest absolute Gasteiger partial charge is 0.494 e. The van der Waals surface area contributed by atoms with Gasteiger partial charge in [0.2, 0.25) is 0 Å². The molecule has 3 rings (SSSR count). The molecule has 0 unspecified atom stereocenters. The molecule has 2 heterocycles. The van der Waals surface area contributed by atoms with E-state index in [0.29, 0.717) is 16.9 Å². The molecule has 9 nitrogen and oxygen atoms in total. The highest BCUT2D eigenvalue weighted by molar-refractivity contribution is 8.00. The van der Waals surface area contributed by atoms with E-state index in [-0.39, 0.29) is 27.2 Å². The molecule has 1 aromatic carbocycles. The maximum absolute atomic E-state index is 11.5. The van der Waals surface area contributed by atoms with Crippen molar-refractivity contribution in [1.29, 1.82) is 0 Å². The highest BCUT2D eigenvalue weighted by Gasteiger charge is 2.23. The highest BCUT2D eigenvalue weighted by atomic mass is 35.5. The molecule has 0 bridgehead atoms. The van der Waals surface area contributed by atoms with Gasteiger partial charge >= 0.3 is 5.97 Å². The van der Waals surface area contributed by atoms with Crippen LogP contribution in [0.15, 0.2) is 29.3 Å². The van der Waals surface area contributed by atoms with Crippen LogP contribution in [0.25, 0.3) is 16.6 Å². The molecular formula is C17H15ClN4O5S. The van der Waals surface area contributed by atoms with Crippen molar-refractivity contribution in [3.05, 3.63) is 45.4 Å². The molecule has 11 heteroatoms. The van der Waals surface area contributed by atoms with Crippen molar-refractivity contribution >= 4 is 45.9 Å². The molecule has 0 N–H and O–H groups in total. The van der Waals surface area contributed by atoms with Crippen molar-refractivity contribution in [1.82, 2.24) is 14.8 Å². The lowest BCUT2D eigenvalue weighted by Crippen LogP contribution is -2.05. The Morgan fingerprint density at radius 3 is 2.75 bits per heavy atom. The molecule has 0 aliphatic carbocycles. The van der Waals surface area contributed by atoms with E-state index >= 15 is 0 Å². The van der Waals surface area contributed by atoms with Gasteiger partial charge < -0.3 is 9.47 Å². The van der Waals surface area contributed by atoms with Gasteiger partial charge in [0.25, 0.3) is 5.69 Å². The Morgan fingerprint density at radius 1 is 1.36 bits per heavy atom. The standard InChI is InChI=1S/C17H15ClN4O5S/c1-9-10-7-19-16(18)6-11(10)21(20-9)12-5-15(28-8-17(23)27-3)13(22(24)25)4-14(12)26-2/h4-7H,8H2,1-3H3. The lowest BCUT2D eigenvalue weighted by atomic mass is 10.2. The van der Waals surface area contributed by atoms with Gasteiger partial charge in [-0.3, -0.25) is 14.9 Å². The smallest absolute Gasteiger partial charge is 0.315 e. The summed E-state index contributed by atoms with van der Waals surface area (Å²) in [5, 5.41) is 17.1. The zero-order chi connectivity index (χ0) is 20.4. The van der Waals surface area contributed by atoms with E-state index < -0.39 is 10.9 Å². The van der Waals surface area contributed by atoms with Gasteiger partial charge in [-0.15, -0.1) is 11.8 Å². The summed E-state index contributed by atoms with van der Waals surface area (Å²) < 4.78 is 11.6. The van der Waals surface area contributed by atoms with Crippen LogP contribution < -0.4 is 4.74 Å². The molecule has 0 fully saturated rings. The van der Waals surface area contributed by atoms with Crippen LogP contribution in [-0.4, -0.2) is 45.6 Å². The van der Waals surface area contributed by atoms with Crippen LogP contribution >= 0.6 is 23.4 Å². The van der Waals surface area contributed by atoms with Crippen molar-refractivity contribution in [2.75, 3.05) is 20.0 Å². The predicted octanol–water partition coefficient (Wildman–Crippen LogP) is 3.56. The molecule has 0 radical (unpaired) electrons. The molecule has 2 aromatic heterocycles. The quantitative estimate of drug-likeness (QED) is 0.195. The number of aryl methyl sites for hydroxylation is 1. The third-order valence-electron chi connectivity index (χ3n) is 3.98. The first kappa shape index (κ1) is 19.9. The first-order valence-corrected chi connectivity index (χ1v) is 9.29. The molecule has 3 aromatic rings. The third kappa shape index (κ3) is 3.73. The molecule has 0 aliphatic rings. The fourth-order valence-corrected chi connectivity index (χ4v) is 3.66. The number of carbonyl (C=O) groups excluding carboxylic acids is 1. The average molecular weight is 423 g/mol. The number of methoxy groups -OCH3 is 2. The summed E-state index contributed by atoms with van der Waals surface area (Å²) in [6.07, 6.45) is 1.61. The fourth-order valence-electron chi connectivity index (χ4n) is 2.64. The van der Waals surface area contributed by atoms with Crippen molar-refractivity contribution < 1.29 is 19.2 Å². The summed E-state index contributed by atoms with van der Waals surface area (Å²) in [5.74, 6) is -0.307. The molecule has 0 atom stereocenters. The number of rotatable bonds is 6. The summed E-state index contributed by atoms with van der Waals surface area (Å²) in [7, 11) is 2.67. The van der Waals surface area contributed by atoms with Crippen LogP contribution in [0.1, 0.15) is 5.69 Å². The monoisotopic (exact) mass is 422 g/mol. The Hall–Kier alpha value is -2.85. The number of nitrogens with zero attached hydrogens (tertiary/aromatic N) is 4. The van der Waals surface area contributed by atoms with E-state index in [1.807, 2.05) is 6.92 Å². The van der Waals surface area contributed by atoms with E-state index in [9.17, 15) is 14.9 Å². The van der Waals surface area contributed by atoms with E-state index in [4.69, 9.17) is 16.3 Å². The lowest BCUT2D eigenvalue weighted by molar-refractivity contribution is -0.387. The summed E-state index contributed by atoms with van der Waals surface area (Å²) in [6.45, 7) is 1.82. The minimum absolute atomic E-state index is 0.0717. The number of fused-ring (bicyclic) bond motifs is 1. The summed E-state index contributed by atoms with van der Waals surface area (Å²) in [4.78, 5) is 26.8. The van der Waals surface area contributed by atoms with Gasteiger partial charge in [-0.25, -0.2) is 9.67 Å². The number of pyridine rings is 1. The Labute approximate surface area is 168 Å². The van der Waals surface area contributed by atoms with Gasteiger partial charge in [0.05, 0.1) is 47.1 Å². The first-order valence-electron chi connectivity index (χ1n) is 7.93. The van der Waals surface area contributed by atoms with Gasteiger partial charge in [0.15, 0.2) is 5.75 Å². The molecule has 0 spiro atoms. The maximum atomic E-state index is 11.5. The van der Waals surface area contributed by atoms with Crippen molar-refractivity contribution in [2.24, 2.45) is 0 Å². The maximum Gasteiger partial charge on any atom is 0.315 e. The lowest BCUT2D eigenvalue weighted by Gasteiger charge is -2.12. The van der Waals surface area contributed by atoms with E-state index in [0.717, 1.165) is 17.1 Å². The number of thioether (sulfide) groups is 1. The van der Waals surface area contributed by atoms with Crippen LogP contribution in [0.2, 0.25) is 5.15 Å². The molecule has 0 saturated carbocycles. The number of hydrogen-bond acceptors (Lipinski definition) is 8. The summed E-state index contributed by atoms with van der Waals surface area (Å²) >= 11 is 7.03. The Balaban J connectivity index is 2.21. The molecule has 0 saturated heterocycles. The second-order valence-corrected chi connectivity index (χ2v) is 7.04.